The van der Waals surface area contributed by atoms with Gasteiger partial charge < -0.3 is 14.7 Å². The minimum absolute atomic E-state index is 0.00329. The number of anilines is 1. The molecule has 0 aliphatic carbocycles. The molecule has 1 saturated heterocycles. The quantitative estimate of drug-likeness (QED) is 0.583. The lowest BCUT2D eigenvalue weighted by atomic mass is 9.99. The first-order valence-electron chi connectivity index (χ1n) is 11.1. The third-order valence-electron chi connectivity index (χ3n) is 6.00. The van der Waals surface area contributed by atoms with Gasteiger partial charge in [-0.3, -0.25) is 4.90 Å². The molecule has 0 saturated carbocycles. The van der Waals surface area contributed by atoms with Crippen molar-refractivity contribution in [2.45, 2.75) is 19.5 Å². The highest BCUT2D eigenvalue weighted by Gasteiger charge is 2.30. The highest BCUT2D eigenvalue weighted by molar-refractivity contribution is 5.53. The number of halogens is 1. The maximum atomic E-state index is 15.1. The number of aliphatic hydroxyl groups excluding tert-OH is 1. The summed E-state index contributed by atoms with van der Waals surface area (Å²) in [5.41, 5.74) is 4.69. The second kappa shape index (κ2) is 10.5. The second-order valence-electron chi connectivity index (χ2n) is 8.35. The van der Waals surface area contributed by atoms with Crippen LogP contribution in [-0.4, -0.2) is 42.9 Å². The average molecular weight is 446 g/mol. The summed E-state index contributed by atoms with van der Waals surface area (Å²) in [5, 5.41) is 18.0. The lowest BCUT2D eigenvalue weighted by Crippen LogP contribution is -2.48. The van der Waals surface area contributed by atoms with Crippen molar-refractivity contribution in [1.29, 1.82) is 5.26 Å². The first kappa shape index (κ1) is 22.8. The number of aliphatic hydroxyl groups is 1. The zero-order valence-electron chi connectivity index (χ0n) is 18.7. The maximum Gasteiger partial charge on any atom is 0.150 e. The molecule has 1 atom stereocenters. The fourth-order valence-corrected chi connectivity index (χ4v) is 4.26. The number of nitriles is 1. The van der Waals surface area contributed by atoms with E-state index in [1.165, 1.54) is 11.6 Å². The molecule has 0 amide bonds. The highest BCUT2D eigenvalue weighted by atomic mass is 19.1. The Balaban J connectivity index is 1.58. The Hall–Kier alpha value is -3.40. The van der Waals surface area contributed by atoms with Crippen LogP contribution in [0.15, 0.2) is 66.7 Å². The van der Waals surface area contributed by atoms with Crippen LogP contribution in [-0.2, 0) is 6.54 Å². The average Bonchev–Trinajstić information content (AvgIpc) is 2.84. The summed E-state index contributed by atoms with van der Waals surface area (Å²) in [6, 6.07) is 23.2. The summed E-state index contributed by atoms with van der Waals surface area (Å²) in [5.74, 6) is 0.0831. The van der Waals surface area contributed by atoms with Gasteiger partial charge in [-0.2, -0.15) is 5.26 Å². The van der Waals surface area contributed by atoms with Crippen molar-refractivity contribution in [3.05, 3.63) is 94.8 Å². The minimum Gasteiger partial charge on any atom is -0.491 e. The van der Waals surface area contributed by atoms with E-state index in [0.29, 0.717) is 23.5 Å². The van der Waals surface area contributed by atoms with Gasteiger partial charge in [-0.1, -0.05) is 42.0 Å². The molecule has 3 aromatic carbocycles. The van der Waals surface area contributed by atoms with E-state index in [9.17, 15) is 0 Å². The molecule has 1 aliphatic heterocycles. The fraction of sp³-hybridized carbons (Fsp3) is 0.296. The van der Waals surface area contributed by atoms with Crippen molar-refractivity contribution in [2.24, 2.45) is 0 Å². The molecule has 6 heteroatoms. The number of rotatable bonds is 7. The lowest BCUT2D eigenvalue weighted by molar-refractivity contribution is 0.200. The van der Waals surface area contributed by atoms with Crippen molar-refractivity contribution in [3.8, 4) is 11.8 Å². The summed E-state index contributed by atoms with van der Waals surface area (Å²) >= 11 is 0. The maximum absolute atomic E-state index is 15.1. The van der Waals surface area contributed by atoms with E-state index >= 15 is 4.39 Å². The van der Waals surface area contributed by atoms with Gasteiger partial charge in [0.25, 0.3) is 0 Å². The van der Waals surface area contributed by atoms with E-state index in [2.05, 4.69) is 47.1 Å². The van der Waals surface area contributed by atoms with Crippen LogP contribution in [0.1, 0.15) is 28.3 Å². The Labute approximate surface area is 194 Å². The molecule has 1 heterocycles. The van der Waals surface area contributed by atoms with E-state index in [0.717, 1.165) is 30.8 Å². The van der Waals surface area contributed by atoms with Gasteiger partial charge in [-0.15, -0.1) is 0 Å². The summed E-state index contributed by atoms with van der Waals surface area (Å²) in [6.07, 6.45) is 0. The number of aryl methyl sites for hydroxylation is 1. The smallest absolute Gasteiger partial charge is 0.150 e. The topological polar surface area (TPSA) is 59.7 Å². The Morgan fingerprint density at radius 2 is 1.82 bits per heavy atom. The van der Waals surface area contributed by atoms with Gasteiger partial charge >= 0.3 is 0 Å². The standard InChI is InChI=1S/C27H28FN3O2/c1-20-2-8-23(9-3-20)27-19-30(18-22-6-4-21(17-29)5-7-22)12-13-31(27)26-11-10-24(16-25(26)28)33-15-14-32/h2-11,16,27,32H,12-15,18-19H2,1H3/t27-/m0/s1. The van der Waals surface area contributed by atoms with Crippen molar-refractivity contribution >= 4 is 5.69 Å². The molecule has 0 unspecified atom stereocenters. The minimum atomic E-state index is -0.330. The Morgan fingerprint density at radius 3 is 2.48 bits per heavy atom. The Kier molecular flexibility index (Phi) is 7.23. The van der Waals surface area contributed by atoms with Gasteiger partial charge in [0, 0.05) is 32.2 Å². The van der Waals surface area contributed by atoms with E-state index < -0.39 is 0 Å². The van der Waals surface area contributed by atoms with Gasteiger partial charge in [-0.25, -0.2) is 4.39 Å². The molecule has 0 aromatic heterocycles. The van der Waals surface area contributed by atoms with Crippen LogP contribution in [0.5, 0.6) is 5.75 Å². The molecule has 170 valence electrons. The molecule has 1 aliphatic rings. The van der Waals surface area contributed by atoms with Crippen LogP contribution >= 0.6 is 0 Å². The molecule has 1 N–H and O–H groups in total. The van der Waals surface area contributed by atoms with Gasteiger partial charge in [0.15, 0.2) is 0 Å². The molecule has 3 aromatic rings. The second-order valence-corrected chi connectivity index (χ2v) is 8.35. The molecule has 5 nitrogen and oxygen atoms in total. The van der Waals surface area contributed by atoms with Crippen LogP contribution in [0.4, 0.5) is 10.1 Å². The molecule has 33 heavy (non-hydrogen) atoms. The van der Waals surface area contributed by atoms with E-state index in [1.807, 2.05) is 24.3 Å². The van der Waals surface area contributed by atoms with E-state index in [4.69, 9.17) is 15.1 Å². The highest BCUT2D eigenvalue weighted by Crippen LogP contribution is 2.34. The van der Waals surface area contributed by atoms with Gasteiger partial charge in [0.05, 0.1) is 30.0 Å². The number of hydrogen-bond donors (Lipinski definition) is 1. The molecular formula is C27H28FN3O2. The van der Waals surface area contributed by atoms with E-state index in [1.54, 1.807) is 12.1 Å². The van der Waals surface area contributed by atoms with Crippen molar-refractivity contribution in [1.82, 2.24) is 4.90 Å². The number of ether oxygens (including phenoxy) is 1. The third kappa shape index (κ3) is 5.51. The summed E-state index contributed by atoms with van der Waals surface area (Å²) in [6.45, 7) is 5.10. The normalized spacial score (nSPS) is 16.4. The molecule has 0 bridgehead atoms. The molecule has 1 fully saturated rings. The molecule has 0 radical (unpaired) electrons. The number of benzene rings is 3. The zero-order valence-corrected chi connectivity index (χ0v) is 18.7. The van der Waals surface area contributed by atoms with Crippen molar-refractivity contribution in [3.63, 3.8) is 0 Å². The SMILES string of the molecule is Cc1ccc([C@@H]2CN(Cc3ccc(C#N)cc3)CCN2c2ccc(OCCO)cc2F)cc1. The van der Waals surface area contributed by atoms with Crippen LogP contribution in [0, 0.1) is 24.1 Å². The number of nitrogens with zero attached hydrogens (tertiary/aromatic N) is 3. The lowest BCUT2D eigenvalue weighted by Gasteiger charge is -2.43. The Bertz CT molecular complexity index is 1110. The van der Waals surface area contributed by atoms with Gasteiger partial charge in [-0.05, 0) is 42.3 Å². The first-order valence-corrected chi connectivity index (χ1v) is 11.1. The first-order chi connectivity index (χ1) is 16.1. The van der Waals surface area contributed by atoms with Crippen LogP contribution in [0.3, 0.4) is 0 Å². The van der Waals surface area contributed by atoms with Crippen LogP contribution in [0.2, 0.25) is 0 Å². The fourth-order valence-electron chi connectivity index (χ4n) is 4.26. The number of piperazine rings is 1. The van der Waals surface area contributed by atoms with Crippen molar-refractivity contribution < 1.29 is 14.2 Å². The monoisotopic (exact) mass is 445 g/mol. The third-order valence-corrected chi connectivity index (χ3v) is 6.00. The summed E-state index contributed by atoms with van der Waals surface area (Å²) < 4.78 is 20.5. The van der Waals surface area contributed by atoms with Crippen LogP contribution < -0.4 is 9.64 Å². The van der Waals surface area contributed by atoms with Gasteiger partial charge in [0.1, 0.15) is 18.2 Å². The molecule has 4 rings (SSSR count). The van der Waals surface area contributed by atoms with Crippen molar-refractivity contribution in [2.75, 3.05) is 37.7 Å². The predicted octanol–water partition coefficient (Wildman–Crippen LogP) is 4.44. The van der Waals surface area contributed by atoms with E-state index in [-0.39, 0.29) is 25.1 Å². The predicted molar refractivity (Wildman–Crippen MR) is 127 cm³/mol. The molecular weight excluding hydrogens is 417 g/mol. The van der Waals surface area contributed by atoms with Crippen LogP contribution in [0.25, 0.3) is 0 Å². The van der Waals surface area contributed by atoms with Gasteiger partial charge in [0.2, 0.25) is 0 Å². The zero-order chi connectivity index (χ0) is 23.2. The Morgan fingerprint density at radius 1 is 1.06 bits per heavy atom. The summed E-state index contributed by atoms with van der Waals surface area (Å²) in [7, 11) is 0. The largest absolute Gasteiger partial charge is 0.491 e. The number of hydrogen-bond acceptors (Lipinski definition) is 5. The molecule has 0 spiro atoms. The summed E-state index contributed by atoms with van der Waals surface area (Å²) in [4.78, 5) is 4.50.